The zero-order valence-corrected chi connectivity index (χ0v) is 10.3. The van der Waals surface area contributed by atoms with Crippen molar-refractivity contribution < 1.29 is 4.39 Å². The Balaban J connectivity index is 2.05. The van der Waals surface area contributed by atoms with E-state index in [4.69, 9.17) is 0 Å². The van der Waals surface area contributed by atoms with E-state index in [9.17, 15) is 4.39 Å². The first-order valence-corrected chi connectivity index (χ1v) is 6.41. The van der Waals surface area contributed by atoms with Crippen molar-refractivity contribution in [1.29, 1.82) is 0 Å². The SMILES string of the molecule is Fc1cccc2c1nc(-c1cccnc1)n2C1CC1. The molecule has 3 aromatic rings. The fraction of sp³-hybridized carbons (Fsp3) is 0.200. The topological polar surface area (TPSA) is 30.7 Å². The number of imidazole rings is 1. The van der Waals surface area contributed by atoms with Gasteiger partial charge in [0.15, 0.2) is 5.82 Å². The number of nitrogens with zero attached hydrogens (tertiary/aromatic N) is 3. The van der Waals surface area contributed by atoms with Crippen LogP contribution in [-0.2, 0) is 0 Å². The third-order valence-electron chi connectivity index (χ3n) is 3.50. The molecule has 0 radical (unpaired) electrons. The van der Waals surface area contributed by atoms with Crippen LogP contribution in [0.15, 0.2) is 42.7 Å². The Morgan fingerprint density at radius 3 is 2.79 bits per heavy atom. The molecule has 19 heavy (non-hydrogen) atoms. The van der Waals surface area contributed by atoms with Crippen molar-refractivity contribution in [2.75, 3.05) is 0 Å². The number of hydrogen-bond donors (Lipinski definition) is 0. The predicted octanol–water partition coefficient (Wildman–Crippen LogP) is 3.57. The minimum absolute atomic E-state index is 0.262. The highest BCUT2D eigenvalue weighted by Gasteiger charge is 2.29. The highest BCUT2D eigenvalue weighted by atomic mass is 19.1. The second-order valence-electron chi connectivity index (χ2n) is 4.89. The molecule has 3 nitrogen and oxygen atoms in total. The van der Waals surface area contributed by atoms with Crippen molar-refractivity contribution in [2.24, 2.45) is 0 Å². The number of rotatable bonds is 2. The highest BCUT2D eigenvalue weighted by molar-refractivity contribution is 5.81. The van der Waals surface area contributed by atoms with Crippen LogP contribution in [0.2, 0.25) is 0 Å². The Hall–Kier alpha value is -2.23. The maximum atomic E-state index is 13.9. The molecule has 0 amide bonds. The molecule has 0 N–H and O–H groups in total. The molecule has 0 spiro atoms. The number of para-hydroxylation sites is 1. The smallest absolute Gasteiger partial charge is 0.151 e. The third kappa shape index (κ3) is 1.63. The molecule has 1 saturated carbocycles. The van der Waals surface area contributed by atoms with Crippen molar-refractivity contribution >= 4 is 11.0 Å². The predicted molar refractivity (Wildman–Crippen MR) is 71.2 cm³/mol. The van der Waals surface area contributed by atoms with Crippen LogP contribution in [-0.4, -0.2) is 14.5 Å². The van der Waals surface area contributed by atoms with Crippen LogP contribution in [0.5, 0.6) is 0 Å². The van der Waals surface area contributed by atoms with Gasteiger partial charge < -0.3 is 4.57 Å². The molecular formula is C15H12FN3. The number of benzene rings is 1. The standard InChI is InChI=1S/C15H12FN3/c16-12-4-1-5-13-14(12)18-15(19(13)11-6-7-11)10-3-2-8-17-9-10/h1-5,8-9,11H,6-7H2. The van der Waals surface area contributed by atoms with Crippen molar-refractivity contribution in [1.82, 2.24) is 14.5 Å². The van der Waals surface area contributed by atoms with Gasteiger partial charge in [0.2, 0.25) is 0 Å². The van der Waals surface area contributed by atoms with E-state index in [1.807, 2.05) is 18.2 Å². The van der Waals surface area contributed by atoms with Gasteiger partial charge in [-0.05, 0) is 37.1 Å². The highest BCUT2D eigenvalue weighted by Crippen LogP contribution is 2.41. The molecule has 2 heterocycles. The largest absolute Gasteiger partial charge is 0.321 e. The van der Waals surface area contributed by atoms with Crippen molar-refractivity contribution in [3.8, 4) is 11.4 Å². The van der Waals surface area contributed by atoms with Gasteiger partial charge in [-0.25, -0.2) is 9.37 Å². The molecule has 0 unspecified atom stereocenters. The molecule has 4 heteroatoms. The fourth-order valence-electron chi connectivity index (χ4n) is 2.48. The molecule has 1 aromatic carbocycles. The molecule has 2 aromatic heterocycles. The Labute approximate surface area is 109 Å². The van der Waals surface area contributed by atoms with Gasteiger partial charge in [0.1, 0.15) is 11.3 Å². The van der Waals surface area contributed by atoms with Gasteiger partial charge in [0.25, 0.3) is 0 Å². The lowest BCUT2D eigenvalue weighted by Gasteiger charge is -2.06. The maximum Gasteiger partial charge on any atom is 0.151 e. The van der Waals surface area contributed by atoms with Gasteiger partial charge in [-0.15, -0.1) is 0 Å². The Bertz CT molecular complexity index is 745. The molecule has 1 aliphatic rings. The molecule has 0 saturated heterocycles. The molecule has 0 aliphatic heterocycles. The van der Waals surface area contributed by atoms with Crippen LogP contribution in [0.3, 0.4) is 0 Å². The summed E-state index contributed by atoms with van der Waals surface area (Å²) in [6, 6.07) is 9.42. The summed E-state index contributed by atoms with van der Waals surface area (Å²) in [5.41, 5.74) is 2.26. The summed E-state index contributed by atoms with van der Waals surface area (Å²) in [6.45, 7) is 0. The van der Waals surface area contributed by atoms with E-state index >= 15 is 0 Å². The normalized spacial score (nSPS) is 15.0. The number of hydrogen-bond acceptors (Lipinski definition) is 2. The van der Waals surface area contributed by atoms with Crippen LogP contribution in [0.1, 0.15) is 18.9 Å². The van der Waals surface area contributed by atoms with Gasteiger partial charge in [-0.1, -0.05) is 6.07 Å². The van der Waals surface area contributed by atoms with E-state index in [0.717, 1.165) is 29.7 Å². The molecule has 0 bridgehead atoms. The van der Waals surface area contributed by atoms with Crippen molar-refractivity contribution in [3.63, 3.8) is 0 Å². The number of fused-ring (bicyclic) bond motifs is 1. The quantitative estimate of drug-likeness (QED) is 0.699. The summed E-state index contributed by atoms with van der Waals surface area (Å²) in [5.74, 6) is 0.553. The van der Waals surface area contributed by atoms with Gasteiger partial charge >= 0.3 is 0 Å². The van der Waals surface area contributed by atoms with Crippen LogP contribution in [0, 0.1) is 5.82 Å². The minimum Gasteiger partial charge on any atom is -0.321 e. The van der Waals surface area contributed by atoms with E-state index in [1.54, 1.807) is 18.5 Å². The van der Waals surface area contributed by atoms with Crippen LogP contribution in [0.25, 0.3) is 22.4 Å². The first-order valence-electron chi connectivity index (χ1n) is 6.41. The average molecular weight is 253 g/mol. The van der Waals surface area contributed by atoms with Crippen LogP contribution >= 0.6 is 0 Å². The lowest BCUT2D eigenvalue weighted by Crippen LogP contribution is -1.97. The third-order valence-corrected chi connectivity index (χ3v) is 3.50. The summed E-state index contributed by atoms with van der Waals surface area (Å²) in [5, 5.41) is 0. The minimum atomic E-state index is -0.262. The number of halogens is 1. The Morgan fingerprint density at radius 1 is 1.16 bits per heavy atom. The summed E-state index contributed by atoms with van der Waals surface area (Å²) < 4.78 is 16.0. The second-order valence-corrected chi connectivity index (χ2v) is 4.89. The van der Waals surface area contributed by atoms with E-state index in [-0.39, 0.29) is 5.82 Å². The molecule has 4 rings (SSSR count). The summed E-state index contributed by atoms with van der Waals surface area (Å²) in [7, 11) is 0. The van der Waals surface area contributed by atoms with Crippen molar-refractivity contribution in [3.05, 3.63) is 48.5 Å². The maximum absolute atomic E-state index is 13.9. The Morgan fingerprint density at radius 2 is 2.05 bits per heavy atom. The second kappa shape index (κ2) is 3.88. The fourth-order valence-corrected chi connectivity index (χ4v) is 2.48. The van der Waals surface area contributed by atoms with E-state index in [1.165, 1.54) is 6.07 Å². The van der Waals surface area contributed by atoms with Crippen LogP contribution in [0.4, 0.5) is 4.39 Å². The number of pyridine rings is 1. The molecule has 1 fully saturated rings. The summed E-state index contributed by atoms with van der Waals surface area (Å²) in [6.07, 6.45) is 5.77. The molecule has 0 atom stereocenters. The first-order chi connectivity index (χ1) is 9.34. The van der Waals surface area contributed by atoms with E-state index < -0.39 is 0 Å². The zero-order valence-electron chi connectivity index (χ0n) is 10.3. The zero-order chi connectivity index (χ0) is 12.8. The van der Waals surface area contributed by atoms with Gasteiger partial charge in [-0.2, -0.15) is 0 Å². The lowest BCUT2D eigenvalue weighted by molar-refractivity contribution is 0.637. The monoisotopic (exact) mass is 253 g/mol. The molecular weight excluding hydrogens is 241 g/mol. The molecule has 1 aliphatic carbocycles. The van der Waals surface area contributed by atoms with Gasteiger partial charge in [-0.3, -0.25) is 4.98 Å². The van der Waals surface area contributed by atoms with Crippen molar-refractivity contribution in [2.45, 2.75) is 18.9 Å². The number of aromatic nitrogens is 3. The van der Waals surface area contributed by atoms with Gasteiger partial charge in [0.05, 0.1) is 5.52 Å². The first kappa shape index (κ1) is 10.7. The van der Waals surface area contributed by atoms with E-state index in [0.29, 0.717) is 11.6 Å². The Kier molecular flexibility index (Phi) is 2.18. The van der Waals surface area contributed by atoms with E-state index in [2.05, 4.69) is 14.5 Å². The van der Waals surface area contributed by atoms with Gasteiger partial charge in [0, 0.05) is 24.0 Å². The summed E-state index contributed by atoms with van der Waals surface area (Å²) >= 11 is 0. The lowest BCUT2D eigenvalue weighted by atomic mass is 10.2. The average Bonchev–Trinajstić information content (AvgIpc) is 3.20. The molecule has 94 valence electrons. The van der Waals surface area contributed by atoms with Crippen LogP contribution < -0.4 is 0 Å². The summed E-state index contributed by atoms with van der Waals surface area (Å²) in [4.78, 5) is 8.62.